The molecule has 3 N–H and O–H groups in total. The predicted octanol–water partition coefficient (Wildman–Crippen LogP) is 2.82. The molecule has 1 aromatic heterocycles. The first-order valence-electron chi connectivity index (χ1n) is 9.83. The van der Waals surface area contributed by atoms with Gasteiger partial charge in [-0.2, -0.15) is 15.4 Å². The van der Waals surface area contributed by atoms with E-state index in [0.29, 0.717) is 6.04 Å². The number of hydrogen-bond donors (Lipinski definition) is 2. The first kappa shape index (κ1) is 16.7. The third kappa shape index (κ3) is 3.09. The number of aromatic nitrogens is 3. The maximum atomic E-state index is 6.65. The molecule has 2 aromatic carbocycles. The zero-order chi connectivity index (χ0) is 18.2. The molecule has 1 aliphatic heterocycles. The third-order valence-corrected chi connectivity index (χ3v) is 5.94. The molecule has 140 valence electrons. The van der Waals surface area contributed by atoms with Crippen LogP contribution in [0.5, 0.6) is 5.75 Å². The number of piperidine rings is 1. The van der Waals surface area contributed by atoms with Crippen molar-refractivity contribution in [2.45, 2.75) is 43.9 Å². The molecule has 27 heavy (non-hydrogen) atoms. The standard InChI is InChI=1S/C21H25N5O/c22-15-6-4-12-26(13-15)18-11-10-14-5-1-2-7-16(14)21(18)27-19-9-3-8-17-20(19)24-25-23-17/h1-3,5,7-9,15,18,21H,4,6,10-13,22H2,(H,23,24,25)/t15-,18-,21-/m0/s1. The van der Waals surface area contributed by atoms with Crippen LogP contribution < -0.4 is 10.5 Å². The highest BCUT2D eigenvalue weighted by molar-refractivity contribution is 5.80. The minimum Gasteiger partial charge on any atom is -0.482 e. The van der Waals surface area contributed by atoms with Gasteiger partial charge < -0.3 is 10.5 Å². The van der Waals surface area contributed by atoms with Crippen LogP contribution in [-0.4, -0.2) is 45.5 Å². The highest BCUT2D eigenvalue weighted by Gasteiger charge is 2.37. The number of likely N-dealkylation sites (tertiary alicyclic amines) is 1. The summed E-state index contributed by atoms with van der Waals surface area (Å²) in [5.74, 6) is 0.786. The zero-order valence-corrected chi connectivity index (χ0v) is 15.3. The van der Waals surface area contributed by atoms with Gasteiger partial charge >= 0.3 is 0 Å². The number of benzene rings is 2. The van der Waals surface area contributed by atoms with Crippen LogP contribution in [0.1, 0.15) is 36.5 Å². The van der Waals surface area contributed by atoms with E-state index in [2.05, 4.69) is 44.6 Å². The van der Waals surface area contributed by atoms with Crippen LogP contribution in [0.25, 0.3) is 11.0 Å². The molecule has 0 amide bonds. The minimum absolute atomic E-state index is 0.0254. The van der Waals surface area contributed by atoms with Gasteiger partial charge in [-0.1, -0.05) is 30.3 Å². The molecule has 2 heterocycles. The lowest BCUT2D eigenvalue weighted by Crippen LogP contribution is -2.51. The Morgan fingerprint density at radius 1 is 1.07 bits per heavy atom. The summed E-state index contributed by atoms with van der Waals surface area (Å²) in [4.78, 5) is 2.54. The van der Waals surface area contributed by atoms with Gasteiger partial charge in [-0.05, 0) is 55.5 Å². The molecule has 0 spiro atoms. The molecule has 0 unspecified atom stereocenters. The molecule has 0 saturated carbocycles. The average molecular weight is 363 g/mol. The maximum absolute atomic E-state index is 6.65. The molecule has 3 aromatic rings. The van der Waals surface area contributed by atoms with Crippen molar-refractivity contribution in [3.63, 3.8) is 0 Å². The molecule has 1 aliphatic carbocycles. The second kappa shape index (κ2) is 6.94. The number of fused-ring (bicyclic) bond motifs is 2. The Labute approximate surface area is 158 Å². The first-order valence-corrected chi connectivity index (χ1v) is 9.83. The molecule has 1 saturated heterocycles. The van der Waals surface area contributed by atoms with Crippen molar-refractivity contribution < 1.29 is 4.74 Å². The molecule has 6 heteroatoms. The highest BCUT2D eigenvalue weighted by Crippen LogP contribution is 2.38. The number of nitrogens with zero attached hydrogens (tertiary/aromatic N) is 3. The molecule has 1 fully saturated rings. The predicted molar refractivity (Wildman–Crippen MR) is 105 cm³/mol. The number of hydrogen-bond acceptors (Lipinski definition) is 5. The summed E-state index contributed by atoms with van der Waals surface area (Å²) in [6.07, 6.45) is 4.42. The molecule has 2 aliphatic rings. The highest BCUT2D eigenvalue weighted by atomic mass is 16.5. The SMILES string of the molecule is N[C@H]1CCCN([C@H]2CCc3ccccc3[C@@H]2Oc2cccc3n[nH]nc23)C1. The summed E-state index contributed by atoms with van der Waals surface area (Å²) >= 11 is 0. The van der Waals surface area contributed by atoms with E-state index in [1.807, 2.05) is 18.2 Å². The van der Waals surface area contributed by atoms with Crippen molar-refractivity contribution in [2.24, 2.45) is 5.73 Å². The Morgan fingerprint density at radius 2 is 2.00 bits per heavy atom. The van der Waals surface area contributed by atoms with Crippen LogP contribution in [0.4, 0.5) is 0 Å². The van der Waals surface area contributed by atoms with Crippen LogP contribution in [-0.2, 0) is 6.42 Å². The molecule has 6 nitrogen and oxygen atoms in total. The average Bonchev–Trinajstić information content (AvgIpc) is 3.18. The van der Waals surface area contributed by atoms with Gasteiger partial charge in [0, 0.05) is 12.6 Å². The van der Waals surface area contributed by atoms with E-state index in [9.17, 15) is 0 Å². The lowest BCUT2D eigenvalue weighted by atomic mass is 9.84. The lowest BCUT2D eigenvalue weighted by Gasteiger charge is -2.43. The summed E-state index contributed by atoms with van der Waals surface area (Å²) in [6, 6.07) is 15.1. The summed E-state index contributed by atoms with van der Waals surface area (Å²) in [7, 11) is 0. The van der Waals surface area contributed by atoms with Crippen LogP contribution in [0.3, 0.4) is 0 Å². The molecule has 5 rings (SSSR count). The van der Waals surface area contributed by atoms with Crippen LogP contribution in [0.2, 0.25) is 0 Å². The van der Waals surface area contributed by atoms with Crippen molar-refractivity contribution >= 4 is 11.0 Å². The summed E-state index contributed by atoms with van der Waals surface area (Å²) < 4.78 is 6.65. The largest absolute Gasteiger partial charge is 0.482 e. The smallest absolute Gasteiger partial charge is 0.154 e. The fourth-order valence-electron chi connectivity index (χ4n) is 4.63. The van der Waals surface area contributed by atoms with Gasteiger partial charge in [-0.3, -0.25) is 4.90 Å². The Balaban J connectivity index is 1.53. The summed E-state index contributed by atoms with van der Waals surface area (Å²) in [5, 5.41) is 11.2. The molecular formula is C21H25N5O. The van der Waals surface area contributed by atoms with E-state index >= 15 is 0 Å². The van der Waals surface area contributed by atoms with E-state index < -0.39 is 0 Å². The first-order chi connectivity index (χ1) is 13.3. The fourth-order valence-corrected chi connectivity index (χ4v) is 4.63. The van der Waals surface area contributed by atoms with Crippen molar-refractivity contribution in [2.75, 3.05) is 13.1 Å². The second-order valence-electron chi connectivity index (χ2n) is 7.69. The maximum Gasteiger partial charge on any atom is 0.154 e. The Kier molecular flexibility index (Phi) is 4.30. The number of rotatable bonds is 3. The van der Waals surface area contributed by atoms with Gasteiger partial charge in [0.05, 0.1) is 6.04 Å². The van der Waals surface area contributed by atoms with E-state index in [1.165, 1.54) is 11.1 Å². The topological polar surface area (TPSA) is 80.1 Å². The van der Waals surface area contributed by atoms with Crippen molar-refractivity contribution in [3.05, 3.63) is 53.6 Å². The van der Waals surface area contributed by atoms with Gasteiger partial charge in [0.1, 0.15) is 17.4 Å². The van der Waals surface area contributed by atoms with E-state index in [-0.39, 0.29) is 12.1 Å². The number of nitrogens with two attached hydrogens (primary N) is 1. The number of ether oxygens (including phenoxy) is 1. The van der Waals surface area contributed by atoms with Crippen molar-refractivity contribution in [3.8, 4) is 5.75 Å². The van der Waals surface area contributed by atoms with E-state index in [0.717, 1.165) is 55.6 Å². The van der Waals surface area contributed by atoms with Crippen LogP contribution in [0.15, 0.2) is 42.5 Å². The Hall–Kier alpha value is -2.44. The molecule has 3 atom stereocenters. The quantitative estimate of drug-likeness (QED) is 0.748. The third-order valence-electron chi connectivity index (χ3n) is 5.94. The Morgan fingerprint density at radius 3 is 2.93 bits per heavy atom. The number of H-pyrrole nitrogens is 1. The minimum atomic E-state index is -0.0254. The molecule has 0 bridgehead atoms. The van der Waals surface area contributed by atoms with E-state index in [4.69, 9.17) is 10.5 Å². The van der Waals surface area contributed by atoms with Gasteiger partial charge in [0.25, 0.3) is 0 Å². The van der Waals surface area contributed by atoms with Gasteiger partial charge in [0.15, 0.2) is 5.52 Å². The summed E-state index contributed by atoms with van der Waals surface area (Å²) in [5.41, 5.74) is 10.6. The number of aryl methyl sites for hydroxylation is 1. The normalized spacial score (nSPS) is 26.0. The molecular weight excluding hydrogens is 338 g/mol. The van der Waals surface area contributed by atoms with Crippen LogP contribution in [0, 0.1) is 0 Å². The lowest BCUT2D eigenvalue weighted by molar-refractivity contribution is 0.0374. The number of nitrogens with one attached hydrogen (secondary N) is 1. The van der Waals surface area contributed by atoms with Crippen molar-refractivity contribution in [1.82, 2.24) is 20.3 Å². The second-order valence-corrected chi connectivity index (χ2v) is 7.69. The summed E-state index contributed by atoms with van der Waals surface area (Å²) in [6.45, 7) is 2.04. The zero-order valence-electron chi connectivity index (χ0n) is 15.3. The number of aromatic amines is 1. The molecule has 0 radical (unpaired) electrons. The Bertz CT molecular complexity index is 939. The van der Waals surface area contributed by atoms with Gasteiger partial charge in [-0.15, -0.1) is 0 Å². The van der Waals surface area contributed by atoms with Gasteiger partial charge in [-0.25, -0.2) is 0 Å². The van der Waals surface area contributed by atoms with Crippen molar-refractivity contribution in [1.29, 1.82) is 0 Å². The van der Waals surface area contributed by atoms with E-state index in [1.54, 1.807) is 0 Å². The van der Waals surface area contributed by atoms with Crippen LogP contribution >= 0.6 is 0 Å². The van der Waals surface area contributed by atoms with Gasteiger partial charge in [0.2, 0.25) is 0 Å². The monoisotopic (exact) mass is 363 g/mol. The number of para-hydroxylation sites is 1. The fraction of sp³-hybridized carbons (Fsp3) is 0.429.